The Balaban J connectivity index is 2.05. The molecule has 1 aliphatic heterocycles. The van der Waals surface area contributed by atoms with Gasteiger partial charge >= 0.3 is 0 Å². The number of amides is 1. The molecule has 0 aromatic heterocycles. The van der Waals surface area contributed by atoms with E-state index in [1.54, 1.807) is 4.90 Å². The molecular weight excluding hydrogens is 415 g/mol. The van der Waals surface area contributed by atoms with Crippen molar-refractivity contribution in [3.8, 4) is 0 Å². The Hall–Kier alpha value is -0.830. The molecule has 0 bridgehead atoms. The zero-order valence-electron chi connectivity index (χ0n) is 12.8. The predicted octanol–water partition coefficient (Wildman–Crippen LogP) is 2.13. The summed E-state index contributed by atoms with van der Waals surface area (Å²) < 4.78 is 24.3. The van der Waals surface area contributed by atoms with Gasteiger partial charge in [-0.25, -0.2) is 8.42 Å². The van der Waals surface area contributed by atoms with E-state index < -0.39 is 9.84 Å². The number of sulfone groups is 1. The third kappa shape index (κ3) is 4.34. The van der Waals surface area contributed by atoms with Gasteiger partial charge in [-0.1, -0.05) is 6.07 Å². The van der Waals surface area contributed by atoms with Crippen LogP contribution in [-0.4, -0.2) is 49.4 Å². The molecule has 2 atom stereocenters. The van der Waals surface area contributed by atoms with Gasteiger partial charge in [-0.05, 0) is 61.1 Å². The van der Waals surface area contributed by atoms with E-state index in [4.69, 9.17) is 0 Å². The summed E-state index contributed by atoms with van der Waals surface area (Å²) in [5, 5.41) is 3.20. The van der Waals surface area contributed by atoms with Crippen molar-refractivity contribution in [2.45, 2.75) is 32.4 Å². The average Bonchev–Trinajstić information content (AvgIpc) is 2.79. The van der Waals surface area contributed by atoms with Crippen LogP contribution >= 0.6 is 22.6 Å². The SMILES string of the molecule is CCN(C(=O)C(C)Nc1cccc(I)c1)C1CCS(=O)(=O)C1. The average molecular weight is 436 g/mol. The Kier molecular flexibility index (Phi) is 5.70. The van der Waals surface area contributed by atoms with Crippen molar-refractivity contribution in [2.75, 3.05) is 23.4 Å². The van der Waals surface area contributed by atoms with E-state index >= 15 is 0 Å². The Morgan fingerprint density at radius 1 is 1.50 bits per heavy atom. The number of rotatable bonds is 5. The van der Waals surface area contributed by atoms with Crippen molar-refractivity contribution in [3.05, 3.63) is 27.8 Å². The lowest BCUT2D eigenvalue weighted by molar-refractivity contribution is -0.133. The number of carbonyl (C=O) groups is 1. The van der Waals surface area contributed by atoms with Crippen LogP contribution in [0.4, 0.5) is 5.69 Å². The quantitative estimate of drug-likeness (QED) is 0.719. The highest BCUT2D eigenvalue weighted by Gasteiger charge is 2.35. The van der Waals surface area contributed by atoms with Gasteiger partial charge in [-0.3, -0.25) is 4.79 Å². The van der Waals surface area contributed by atoms with Crippen molar-refractivity contribution >= 4 is 44.0 Å². The van der Waals surface area contributed by atoms with Gasteiger partial charge in [0.15, 0.2) is 9.84 Å². The summed E-state index contributed by atoms with van der Waals surface area (Å²) in [6.07, 6.45) is 0.540. The Morgan fingerprint density at radius 2 is 2.23 bits per heavy atom. The summed E-state index contributed by atoms with van der Waals surface area (Å²) in [7, 11) is -2.99. The van der Waals surface area contributed by atoms with Gasteiger partial charge < -0.3 is 10.2 Å². The maximum Gasteiger partial charge on any atom is 0.245 e. The molecule has 1 aromatic rings. The molecule has 2 rings (SSSR count). The van der Waals surface area contributed by atoms with Crippen LogP contribution in [0.3, 0.4) is 0 Å². The Labute approximate surface area is 145 Å². The number of likely N-dealkylation sites (N-methyl/N-ethyl adjacent to an activating group) is 1. The minimum Gasteiger partial charge on any atom is -0.374 e. The second-order valence-electron chi connectivity index (χ2n) is 5.56. The number of halogens is 1. The molecule has 5 nitrogen and oxygen atoms in total. The number of hydrogen-bond acceptors (Lipinski definition) is 4. The first-order valence-electron chi connectivity index (χ1n) is 7.35. The molecule has 2 unspecified atom stereocenters. The molecule has 1 aliphatic rings. The lowest BCUT2D eigenvalue weighted by Crippen LogP contribution is -2.47. The molecule has 0 aliphatic carbocycles. The summed E-state index contributed by atoms with van der Waals surface area (Å²) in [5.74, 6) is 0.214. The van der Waals surface area contributed by atoms with Crippen LogP contribution in [0.2, 0.25) is 0 Å². The second-order valence-corrected chi connectivity index (χ2v) is 9.03. The molecule has 1 N–H and O–H groups in total. The monoisotopic (exact) mass is 436 g/mol. The van der Waals surface area contributed by atoms with E-state index in [2.05, 4.69) is 27.9 Å². The molecule has 1 fully saturated rings. The second kappa shape index (κ2) is 7.16. The molecule has 1 aromatic carbocycles. The zero-order valence-corrected chi connectivity index (χ0v) is 15.7. The number of hydrogen-bond donors (Lipinski definition) is 1. The van der Waals surface area contributed by atoms with E-state index in [0.29, 0.717) is 13.0 Å². The summed E-state index contributed by atoms with van der Waals surface area (Å²) in [4.78, 5) is 14.3. The fourth-order valence-corrected chi connectivity index (χ4v) is 5.03. The minimum atomic E-state index is -2.99. The molecule has 1 amide bonds. The summed E-state index contributed by atoms with van der Waals surface area (Å²) in [6.45, 7) is 4.23. The van der Waals surface area contributed by atoms with Gasteiger partial charge in [0.25, 0.3) is 0 Å². The van der Waals surface area contributed by atoms with E-state index in [1.807, 2.05) is 38.1 Å². The first-order chi connectivity index (χ1) is 10.3. The number of nitrogens with one attached hydrogen (secondary N) is 1. The molecule has 7 heteroatoms. The van der Waals surface area contributed by atoms with E-state index in [9.17, 15) is 13.2 Å². The number of nitrogens with zero attached hydrogens (tertiary/aromatic N) is 1. The normalized spacial score (nSPS) is 21.3. The molecule has 0 spiro atoms. The van der Waals surface area contributed by atoms with E-state index in [0.717, 1.165) is 9.26 Å². The van der Waals surface area contributed by atoms with Gasteiger partial charge in [-0.15, -0.1) is 0 Å². The largest absolute Gasteiger partial charge is 0.374 e. The molecule has 122 valence electrons. The predicted molar refractivity (Wildman–Crippen MR) is 96.7 cm³/mol. The van der Waals surface area contributed by atoms with Crippen LogP contribution in [0, 0.1) is 3.57 Å². The Morgan fingerprint density at radius 3 is 2.77 bits per heavy atom. The molecule has 1 saturated heterocycles. The van der Waals surface area contributed by atoms with Gasteiger partial charge in [0.1, 0.15) is 6.04 Å². The molecular formula is C15H21IN2O3S. The third-order valence-electron chi connectivity index (χ3n) is 3.85. The van der Waals surface area contributed by atoms with Crippen molar-refractivity contribution in [3.63, 3.8) is 0 Å². The highest BCUT2D eigenvalue weighted by Crippen LogP contribution is 2.20. The molecule has 0 radical (unpaired) electrons. The third-order valence-corrected chi connectivity index (χ3v) is 6.27. The number of carbonyl (C=O) groups excluding carboxylic acids is 1. The van der Waals surface area contributed by atoms with Crippen LogP contribution in [0.1, 0.15) is 20.3 Å². The van der Waals surface area contributed by atoms with Gasteiger partial charge in [0.2, 0.25) is 5.91 Å². The number of benzene rings is 1. The smallest absolute Gasteiger partial charge is 0.245 e. The summed E-state index contributed by atoms with van der Waals surface area (Å²) in [6, 6.07) is 7.23. The minimum absolute atomic E-state index is 0.0524. The lowest BCUT2D eigenvalue weighted by Gasteiger charge is -2.30. The fraction of sp³-hybridized carbons (Fsp3) is 0.533. The van der Waals surface area contributed by atoms with Crippen LogP contribution in [0.25, 0.3) is 0 Å². The molecule has 1 heterocycles. The maximum absolute atomic E-state index is 12.6. The Bertz CT molecular complexity index is 648. The maximum atomic E-state index is 12.6. The number of anilines is 1. The van der Waals surface area contributed by atoms with Crippen molar-refractivity contribution in [2.24, 2.45) is 0 Å². The van der Waals surface area contributed by atoms with Crippen LogP contribution in [-0.2, 0) is 14.6 Å². The van der Waals surface area contributed by atoms with Crippen LogP contribution in [0.15, 0.2) is 24.3 Å². The summed E-state index contributed by atoms with van der Waals surface area (Å²) in [5.41, 5.74) is 0.892. The molecule has 0 saturated carbocycles. The van der Waals surface area contributed by atoms with Gasteiger partial charge in [-0.2, -0.15) is 0 Å². The first kappa shape index (κ1) is 17.5. The lowest BCUT2D eigenvalue weighted by atomic mass is 10.1. The highest BCUT2D eigenvalue weighted by atomic mass is 127. The molecule has 22 heavy (non-hydrogen) atoms. The standard InChI is InChI=1S/C15H21IN2O3S/c1-3-18(14-7-8-22(20,21)10-14)15(19)11(2)17-13-6-4-5-12(16)9-13/h4-6,9,11,14,17H,3,7-8,10H2,1-2H3. The highest BCUT2D eigenvalue weighted by molar-refractivity contribution is 14.1. The zero-order chi connectivity index (χ0) is 16.3. The van der Waals surface area contributed by atoms with Crippen LogP contribution in [0.5, 0.6) is 0 Å². The van der Waals surface area contributed by atoms with Crippen LogP contribution < -0.4 is 5.32 Å². The fourth-order valence-electron chi connectivity index (χ4n) is 2.75. The topological polar surface area (TPSA) is 66.5 Å². The summed E-state index contributed by atoms with van der Waals surface area (Å²) >= 11 is 2.22. The van der Waals surface area contributed by atoms with Gasteiger partial charge in [0.05, 0.1) is 11.5 Å². The van der Waals surface area contributed by atoms with Gasteiger partial charge in [0, 0.05) is 21.8 Å². The van der Waals surface area contributed by atoms with E-state index in [1.165, 1.54) is 0 Å². The van der Waals surface area contributed by atoms with E-state index in [-0.39, 0.29) is 29.5 Å². The van der Waals surface area contributed by atoms with Crippen molar-refractivity contribution in [1.29, 1.82) is 0 Å². The van der Waals surface area contributed by atoms with Crippen molar-refractivity contribution in [1.82, 2.24) is 4.90 Å². The first-order valence-corrected chi connectivity index (χ1v) is 10.3. The van der Waals surface area contributed by atoms with Crippen molar-refractivity contribution < 1.29 is 13.2 Å².